The highest BCUT2D eigenvalue weighted by Crippen LogP contribution is 2.42. The molecule has 1 saturated heterocycles. The number of carbonyl (C=O) groups excluding carboxylic acids is 1. The van der Waals surface area contributed by atoms with Gasteiger partial charge in [0.1, 0.15) is 0 Å². The summed E-state index contributed by atoms with van der Waals surface area (Å²) in [6.45, 7) is 0.662. The molecule has 1 N–H and O–H groups in total. The number of pyridine rings is 1. The van der Waals surface area contributed by atoms with E-state index < -0.39 is 0 Å². The molecule has 1 amide bonds. The summed E-state index contributed by atoms with van der Waals surface area (Å²) in [6, 6.07) is 3.60. The fraction of sp³-hybridized carbons (Fsp3) is 0.579. The first kappa shape index (κ1) is 18.1. The van der Waals surface area contributed by atoms with Crippen LogP contribution in [0.1, 0.15) is 38.0 Å². The van der Waals surface area contributed by atoms with Gasteiger partial charge in [0, 0.05) is 44.5 Å². The molecule has 1 aliphatic carbocycles. The summed E-state index contributed by atoms with van der Waals surface area (Å²) in [5.74, 6) is 0.942. The minimum Gasteiger partial charge on any atom is -0.393 e. The Balaban J connectivity index is 1.39. The molecule has 0 unspecified atom stereocenters. The van der Waals surface area contributed by atoms with Crippen LogP contribution >= 0.6 is 0 Å². The van der Waals surface area contributed by atoms with Gasteiger partial charge in [-0.15, -0.1) is 0 Å². The number of carbonyl (C=O) groups is 1. The zero-order valence-electron chi connectivity index (χ0n) is 15.4. The number of aliphatic hydroxyl groups is 1. The van der Waals surface area contributed by atoms with E-state index in [-0.39, 0.29) is 23.7 Å². The van der Waals surface area contributed by atoms with Crippen LogP contribution in [0, 0.1) is 0 Å². The summed E-state index contributed by atoms with van der Waals surface area (Å²) in [4.78, 5) is 23.1. The highest BCUT2D eigenvalue weighted by atomic mass is 16.5. The smallest absolute Gasteiger partial charge is 0.227 e. The number of amides is 1. The normalized spacial score (nSPS) is 27.6. The van der Waals surface area contributed by atoms with Crippen molar-refractivity contribution in [1.29, 1.82) is 0 Å². The number of nitrogens with zero attached hydrogens (tertiary/aromatic N) is 4. The predicted molar refractivity (Wildman–Crippen MR) is 95.6 cm³/mol. The van der Waals surface area contributed by atoms with Crippen LogP contribution in [0.2, 0.25) is 0 Å². The molecule has 2 aromatic rings. The Kier molecular flexibility index (Phi) is 4.92. The third-order valence-electron chi connectivity index (χ3n) is 5.82. The van der Waals surface area contributed by atoms with Crippen molar-refractivity contribution < 1.29 is 19.2 Å². The lowest BCUT2D eigenvalue weighted by atomic mass is 9.79. The second kappa shape index (κ2) is 7.36. The lowest BCUT2D eigenvalue weighted by Gasteiger charge is -2.42. The van der Waals surface area contributed by atoms with E-state index in [0.717, 1.165) is 24.8 Å². The molecule has 1 saturated carbocycles. The maximum absolute atomic E-state index is 12.8. The molecule has 3 atom stereocenters. The van der Waals surface area contributed by atoms with E-state index in [1.165, 1.54) is 0 Å². The van der Waals surface area contributed by atoms with Gasteiger partial charge in [0.2, 0.25) is 17.6 Å². The van der Waals surface area contributed by atoms with Gasteiger partial charge in [0.15, 0.2) is 0 Å². The Morgan fingerprint density at radius 2 is 2.37 bits per heavy atom. The van der Waals surface area contributed by atoms with Crippen molar-refractivity contribution in [2.45, 2.75) is 56.3 Å². The van der Waals surface area contributed by atoms with Crippen molar-refractivity contribution >= 4 is 5.91 Å². The molecule has 0 bridgehead atoms. The van der Waals surface area contributed by atoms with Crippen LogP contribution in [0.4, 0.5) is 0 Å². The Labute approximate surface area is 157 Å². The van der Waals surface area contributed by atoms with Crippen LogP contribution in [-0.4, -0.2) is 62.4 Å². The summed E-state index contributed by atoms with van der Waals surface area (Å²) in [5.41, 5.74) is 0.465. The van der Waals surface area contributed by atoms with E-state index >= 15 is 0 Å². The number of fused-ring (bicyclic) bond motifs is 1. The topological polar surface area (TPSA) is 102 Å². The van der Waals surface area contributed by atoms with Gasteiger partial charge < -0.3 is 19.3 Å². The van der Waals surface area contributed by atoms with Crippen molar-refractivity contribution in [3.05, 3.63) is 30.4 Å². The highest BCUT2D eigenvalue weighted by molar-refractivity contribution is 5.77. The number of rotatable bonds is 5. The van der Waals surface area contributed by atoms with E-state index in [9.17, 15) is 9.90 Å². The molecule has 27 heavy (non-hydrogen) atoms. The molecule has 144 valence electrons. The van der Waals surface area contributed by atoms with E-state index in [4.69, 9.17) is 9.26 Å². The molecule has 8 heteroatoms. The maximum Gasteiger partial charge on any atom is 0.227 e. The molecule has 0 aromatic carbocycles. The molecule has 4 rings (SSSR count). The van der Waals surface area contributed by atoms with Gasteiger partial charge in [-0.2, -0.15) is 4.98 Å². The predicted octanol–water partition coefficient (Wildman–Crippen LogP) is 1.60. The van der Waals surface area contributed by atoms with E-state index in [2.05, 4.69) is 15.1 Å². The Hall–Kier alpha value is -2.32. The molecule has 1 aliphatic heterocycles. The highest BCUT2D eigenvalue weighted by Gasteiger charge is 2.52. The van der Waals surface area contributed by atoms with Gasteiger partial charge in [-0.3, -0.25) is 9.78 Å². The number of aliphatic hydroxyl groups excluding tert-OH is 1. The number of aromatic nitrogens is 3. The maximum atomic E-state index is 12.8. The Morgan fingerprint density at radius 1 is 1.48 bits per heavy atom. The van der Waals surface area contributed by atoms with Gasteiger partial charge in [0.25, 0.3) is 0 Å². The lowest BCUT2D eigenvalue weighted by Crippen LogP contribution is -2.52. The van der Waals surface area contributed by atoms with Crippen molar-refractivity contribution in [3.8, 4) is 11.4 Å². The van der Waals surface area contributed by atoms with Crippen molar-refractivity contribution in [1.82, 2.24) is 20.0 Å². The molecule has 2 aliphatic rings. The summed E-state index contributed by atoms with van der Waals surface area (Å²) in [5, 5.41) is 14.0. The summed E-state index contributed by atoms with van der Waals surface area (Å²) >= 11 is 0. The SMILES string of the molecule is CO[C@@]12CC[C@H](O)C[C@@H]1N(C(=O)CCc1nc(-c3cccnc3)no1)CC2. The molecule has 8 nitrogen and oxygen atoms in total. The molecule has 0 radical (unpaired) electrons. The van der Waals surface area contributed by atoms with Crippen molar-refractivity contribution in [2.75, 3.05) is 13.7 Å². The summed E-state index contributed by atoms with van der Waals surface area (Å²) in [7, 11) is 1.71. The largest absolute Gasteiger partial charge is 0.393 e. The molecule has 2 aromatic heterocycles. The van der Waals surface area contributed by atoms with E-state index in [1.807, 2.05) is 17.0 Å². The van der Waals surface area contributed by atoms with Crippen molar-refractivity contribution in [3.63, 3.8) is 0 Å². The third kappa shape index (κ3) is 3.46. The number of ether oxygens (including phenoxy) is 1. The van der Waals surface area contributed by atoms with Crippen LogP contribution in [0.3, 0.4) is 0 Å². The summed E-state index contributed by atoms with van der Waals surface area (Å²) in [6.07, 6.45) is 6.57. The first-order valence-corrected chi connectivity index (χ1v) is 9.37. The third-order valence-corrected chi connectivity index (χ3v) is 5.82. The fourth-order valence-corrected chi connectivity index (χ4v) is 4.30. The molecular formula is C19H24N4O4. The van der Waals surface area contributed by atoms with Crippen LogP contribution < -0.4 is 0 Å². The van der Waals surface area contributed by atoms with Crippen molar-refractivity contribution in [2.24, 2.45) is 0 Å². The van der Waals surface area contributed by atoms with E-state index in [1.54, 1.807) is 19.5 Å². The lowest BCUT2D eigenvalue weighted by molar-refractivity contribution is -0.139. The fourth-order valence-electron chi connectivity index (χ4n) is 4.30. The molecule has 0 spiro atoms. The van der Waals surface area contributed by atoms with Gasteiger partial charge in [0.05, 0.1) is 17.7 Å². The zero-order valence-corrected chi connectivity index (χ0v) is 15.4. The number of aryl methyl sites for hydroxylation is 1. The van der Waals surface area contributed by atoms with Crippen LogP contribution in [-0.2, 0) is 16.0 Å². The average molecular weight is 372 g/mol. The molecule has 2 fully saturated rings. The minimum atomic E-state index is -0.371. The van der Waals surface area contributed by atoms with Gasteiger partial charge in [-0.25, -0.2) is 0 Å². The van der Waals surface area contributed by atoms with Crippen LogP contribution in [0.15, 0.2) is 29.0 Å². The molecular weight excluding hydrogens is 348 g/mol. The van der Waals surface area contributed by atoms with Gasteiger partial charge in [-0.1, -0.05) is 5.16 Å². The minimum absolute atomic E-state index is 0.0363. The van der Waals surface area contributed by atoms with Crippen LogP contribution in [0.5, 0.6) is 0 Å². The first-order valence-electron chi connectivity index (χ1n) is 9.37. The second-order valence-electron chi connectivity index (χ2n) is 7.30. The Bertz CT molecular complexity index is 796. The standard InChI is InChI=1S/C19H24N4O4/c1-26-19-7-6-14(24)11-15(19)23(10-8-19)17(25)5-4-16-21-18(22-27-16)13-3-2-9-20-12-13/h2-3,9,12,14-15,24H,4-8,10-11H2,1H3/t14-,15-,19+/m0/s1. The number of hydrogen-bond donors (Lipinski definition) is 1. The second-order valence-corrected chi connectivity index (χ2v) is 7.30. The number of methoxy groups -OCH3 is 1. The van der Waals surface area contributed by atoms with E-state index in [0.29, 0.717) is 37.5 Å². The quantitative estimate of drug-likeness (QED) is 0.850. The zero-order chi connectivity index (χ0) is 18.9. The summed E-state index contributed by atoms with van der Waals surface area (Å²) < 4.78 is 11.1. The average Bonchev–Trinajstić information content (AvgIpc) is 3.32. The molecule has 3 heterocycles. The van der Waals surface area contributed by atoms with Gasteiger partial charge >= 0.3 is 0 Å². The Morgan fingerprint density at radius 3 is 3.15 bits per heavy atom. The van der Waals surface area contributed by atoms with Crippen LogP contribution in [0.25, 0.3) is 11.4 Å². The number of hydrogen-bond acceptors (Lipinski definition) is 7. The number of likely N-dealkylation sites (tertiary alicyclic amines) is 1. The monoisotopic (exact) mass is 372 g/mol. The first-order chi connectivity index (χ1) is 13.1. The van der Waals surface area contributed by atoms with Gasteiger partial charge in [-0.05, 0) is 37.8 Å².